The number of Topliss-reactive ketones (excluding diaryl/α,β-unsaturated/α-hetero) is 1. The second kappa shape index (κ2) is 6.69. The van der Waals surface area contributed by atoms with Crippen molar-refractivity contribution in [2.75, 3.05) is 14.1 Å². The van der Waals surface area contributed by atoms with Crippen LogP contribution in [0.2, 0.25) is 0 Å². The van der Waals surface area contributed by atoms with Gasteiger partial charge in [0.25, 0.3) is 0 Å². The minimum Gasteiger partial charge on any atom is -0.300 e. The van der Waals surface area contributed by atoms with Crippen LogP contribution in [0.15, 0.2) is 30.3 Å². The Labute approximate surface area is 111 Å². The summed E-state index contributed by atoms with van der Waals surface area (Å²) in [6, 6.07) is 10.6. The molecule has 2 rings (SSSR count). The van der Waals surface area contributed by atoms with Gasteiger partial charge in [0, 0.05) is 18.4 Å². The van der Waals surface area contributed by atoms with Gasteiger partial charge in [0.2, 0.25) is 0 Å². The summed E-state index contributed by atoms with van der Waals surface area (Å²) in [7, 11) is 4.23. The Morgan fingerprint density at radius 2 is 1.50 bits per heavy atom. The van der Waals surface area contributed by atoms with E-state index in [2.05, 4.69) is 43.3 Å². The topological polar surface area (TPSA) is 20.3 Å². The molecule has 1 aromatic rings. The number of hydrogen-bond donors (Lipinski definition) is 0. The predicted octanol–water partition coefficient (Wildman–Crippen LogP) is 3.61. The molecule has 0 atom stereocenters. The SMILES string of the molecule is CC.CN(C)C1(c2ccccc2)CCC(=O)CC1. The number of benzene rings is 1. The molecule has 18 heavy (non-hydrogen) atoms. The lowest BCUT2D eigenvalue weighted by molar-refractivity contribution is -0.122. The molecule has 1 fully saturated rings. The molecular formula is C16H25NO. The summed E-state index contributed by atoms with van der Waals surface area (Å²) in [6.07, 6.45) is 3.33. The van der Waals surface area contributed by atoms with E-state index in [1.165, 1.54) is 5.56 Å². The fourth-order valence-electron chi connectivity index (χ4n) is 2.68. The lowest BCUT2D eigenvalue weighted by atomic mass is 9.75. The molecular weight excluding hydrogens is 222 g/mol. The fourth-order valence-corrected chi connectivity index (χ4v) is 2.68. The molecule has 0 heterocycles. The second-order valence-corrected chi connectivity index (χ2v) is 4.83. The van der Waals surface area contributed by atoms with Gasteiger partial charge in [-0.3, -0.25) is 9.69 Å². The number of hydrogen-bond acceptors (Lipinski definition) is 2. The summed E-state index contributed by atoms with van der Waals surface area (Å²) in [5.74, 6) is 0.411. The summed E-state index contributed by atoms with van der Waals surface area (Å²) < 4.78 is 0. The molecule has 0 radical (unpaired) electrons. The van der Waals surface area contributed by atoms with Crippen LogP contribution in [0.1, 0.15) is 45.1 Å². The fraction of sp³-hybridized carbons (Fsp3) is 0.562. The number of carbonyl (C=O) groups excluding carboxylic acids is 1. The zero-order chi connectivity index (χ0) is 13.6. The minimum absolute atomic E-state index is 0.0647. The molecule has 1 saturated carbocycles. The van der Waals surface area contributed by atoms with Gasteiger partial charge >= 0.3 is 0 Å². The number of carbonyl (C=O) groups is 1. The zero-order valence-electron chi connectivity index (χ0n) is 12.1. The molecule has 0 aliphatic heterocycles. The van der Waals surface area contributed by atoms with Gasteiger partial charge in [-0.2, -0.15) is 0 Å². The van der Waals surface area contributed by atoms with Crippen LogP contribution < -0.4 is 0 Å². The Bertz CT molecular complexity index is 360. The lowest BCUT2D eigenvalue weighted by Gasteiger charge is -2.43. The summed E-state index contributed by atoms with van der Waals surface area (Å²) >= 11 is 0. The second-order valence-electron chi connectivity index (χ2n) is 4.83. The van der Waals surface area contributed by atoms with Crippen molar-refractivity contribution in [2.45, 2.75) is 45.1 Å². The van der Waals surface area contributed by atoms with Crippen molar-refractivity contribution in [1.82, 2.24) is 4.90 Å². The summed E-state index contributed by atoms with van der Waals surface area (Å²) in [5, 5.41) is 0. The van der Waals surface area contributed by atoms with E-state index in [1.807, 2.05) is 19.9 Å². The van der Waals surface area contributed by atoms with Crippen molar-refractivity contribution < 1.29 is 4.79 Å². The Morgan fingerprint density at radius 3 is 1.94 bits per heavy atom. The maximum Gasteiger partial charge on any atom is 0.133 e. The molecule has 0 unspecified atom stereocenters. The Balaban J connectivity index is 0.000000771. The smallest absolute Gasteiger partial charge is 0.133 e. The highest BCUT2D eigenvalue weighted by Crippen LogP contribution is 2.39. The standard InChI is InChI=1S/C14H19NO.C2H6/c1-15(2)14(10-8-13(16)9-11-14)12-6-4-3-5-7-12;1-2/h3-7H,8-11H2,1-2H3;1-2H3. The molecule has 2 nitrogen and oxygen atoms in total. The Kier molecular flexibility index (Phi) is 5.54. The average molecular weight is 247 g/mol. The van der Waals surface area contributed by atoms with Gasteiger partial charge in [0.15, 0.2) is 0 Å². The molecule has 0 bridgehead atoms. The van der Waals surface area contributed by atoms with Crippen LogP contribution in [0, 0.1) is 0 Å². The Hall–Kier alpha value is -1.15. The quantitative estimate of drug-likeness (QED) is 0.795. The highest BCUT2D eigenvalue weighted by atomic mass is 16.1. The van der Waals surface area contributed by atoms with Gasteiger partial charge in [0.1, 0.15) is 5.78 Å². The van der Waals surface area contributed by atoms with E-state index in [-0.39, 0.29) is 5.54 Å². The number of nitrogens with zero attached hydrogens (tertiary/aromatic N) is 1. The van der Waals surface area contributed by atoms with E-state index in [0.717, 1.165) is 12.8 Å². The van der Waals surface area contributed by atoms with Gasteiger partial charge in [-0.15, -0.1) is 0 Å². The zero-order valence-corrected chi connectivity index (χ0v) is 12.1. The van der Waals surface area contributed by atoms with Crippen molar-refractivity contribution in [1.29, 1.82) is 0 Å². The molecule has 0 N–H and O–H groups in total. The third kappa shape index (κ3) is 2.99. The van der Waals surface area contributed by atoms with E-state index in [9.17, 15) is 4.79 Å². The first-order valence-corrected chi connectivity index (χ1v) is 6.90. The molecule has 100 valence electrons. The van der Waals surface area contributed by atoms with E-state index < -0.39 is 0 Å². The van der Waals surface area contributed by atoms with Crippen molar-refractivity contribution in [3.63, 3.8) is 0 Å². The van der Waals surface area contributed by atoms with Crippen LogP contribution in [0.4, 0.5) is 0 Å². The van der Waals surface area contributed by atoms with Crippen LogP contribution in [0.5, 0.6) is 0 Å². The van der Waals surface area contributed by atoms with Crippen molar-refractivity contribution in [3.8, 4) is 0 Å². The molecule has 0 amide bonds. The highest BCUT2D eigenvalue weighted by Gasteiger charge is 2.37. The van der Waals surface area contributed by atoms with Gasteiger partial charge in [-0.25, -0.2) is 0 Å². The maximum absolute atomic E-state index is 11.4. The molecule has 1 aromatic carbocycles. The number of ketones is 1. The molecule has 1 aliphatic carbocycles. The van der Waals surface area contributed by atoms with Gasteiger partial charge in [-0.1, -0.05) is 44.2 Å². The van der Waals surface area contributed by atoms with E-state index >= 15 is 0 Å². The molecule has 2 heteroatoms. The Morgan fingerprint density at radius 1 is 1.00 bits per heavy atom. The van der Waals surface area contributed by atoms with Crippen LogP contribution in [-0.2, 0) is 10.3 Å². The van der Waals surface area contributed by atoms with E-state index in [1.54, 1.807) is 0 Å². The number of rotatable bonds is 2. The largest absolute Gasteiger partial charge is 0.300 e. The molecule has 0 spiro atoms. The lowest BCUT2D eigenvalue weighted by Crippen LogP contribution is -2.44. The van der Waals surface area contributed by atoms with Crippen LogP contribution >= 0.6 is 0 Å². The maximum atomic E-state index is 11.4. The third-order valence-electron chi connectivity index (χ3n) is 3.80. The predicted molar refractivity (Wildman–Crippen MR) is 76.6 cm³/mol. The highest BCUT2D eigenvalue weighted by molar-refractivity contribution is 5.79. The first-order chi connectivity index (χ1) is 8.65. The normalized spacial score (nSPS) is 18.2. The summed E-state index contributed by atoms with van der Waals surface area (Å²) in [5.41, 5.74) is 1.40. The third-order valence-corrected chi connectivity index (χ3v) is 3.80. The van der Waals surface area contributed by atoms with Gasteiger partial charge in [0.05, 0.1) is 0 Å². The van der Waals surface area contributed by atoms with Crippen LogP contribution in [-0.4, -0.2) is 24.8 Å². The van der Waals surface area contributed by atoms with Gasteiger partial charge in [-0.05, 0) is 32.5 Å². The first kappa shape index (κ1) is 14.9. The van der Waals surface area contributed by atoms with E-state index in [4.69, 9.17) is 0 Å². The van der Waals surface area contributed by atoms with Crippen LogP contribution in [0.25, 0.3) is 0 Å². The molecule has 1 aliphatic rings. The van der Waals surface area contributed by atoms with Gasteiger partial charge < -0.3 is 0 Å². The van der Waals surface area contributed by atoms with Crippen molar-refractivity contribution in [3.05, 3.63) is 35.9 Å². The molecule has 0 aromatic heterocycles. The van der Waals surface area contributed by atoms with E-state index in [0.29, 0.717) is 18.6 Å². The van der Waals surface area contributed by atoms with Crippen LogP contribution in [0.3, 0.4) is 0 Å². The first-order valence-electron chi connectivity index (χ1n) is 6.90. The molecule has 0 saturated heterocycles. The minimum atomic E-state index is 0.0647. The van der Waals surface area contributed by atoms with Crippen molar-refractivity contribution in [2.24, 2.45) is 0 Å². The monoisotopic (exact) mass is 247 g/mol. The summed E-state index contributed by atoms with van der Waals surface area (Å²) in [6.45, 7) is 4.00. The summed E-state index contributed by atoms with van der Waals surface area (Å²) in [4.78, 5) is 13.7. The average Bonchev–Trinajstić information content (AvgIpc) is 2.43. The van der Waals surface area contributed by atoms with Crippen molar-refractivity contribution >= 4 is 5.78 Å².